The molecule has 1 saturated carbocycles. The fourth-order valence-corrected chi connectivity index (χ4v) is 5.95. The summed E-state index contributed by atoms with van der Waals surface area (Å²) in [5, 5.41) is 30.0. The SMILES string of the molecule is [B]C(Nc1cc(Cl)c2ncc(C#N)c(N[C@H](CC)c3ccccc3)c2c1)(C1=CN(C2CC2)NN1)c1cccc(C#N)c1Cl. The number of halogens is 2. The van der Waals surface area contributed by atoms with E-state index < -0.39 is 5.44 Å². The molecule has 0 saturated heterocycles. The molecule has 2 radical (unpaired) electrons. The zero-order valence-electron chi connectivity index (χ0n) is 23.3. The maximum absolute atomic E-state index is 10.0. The molecule has 1 aliphatic carbocycles. The Morgan fingerprint density at radius 3 is 2.56 bits per heavy atom. The first kappa shape index (κ1) is 28.7. The number of anilines is 2. The van der Waals surface area contributed by atoms with Crippen molar-refractivity contribution in [2.45, 2.75) is 43.7 Å². The van der Waals surface area contributed by atoms with Crippen LogP contribution in [0.3, 0.4) is 0 Å². The Hall–Kier alpha value is -4.41. The number of benzene rings is 3. The van der Waals surface area contributed by atoms with Crippen molar-refractivity contribution < 1.29 is 0 Å². The first-order valence-corrected chi connectivity index (χ1v) is 14.7. The molecule has 11 heteroatoms. The average molecular weight is 605 g/mol. The van der Waals surface area contributed by atoms with Gasteiger partial charge in [0, 0.05) is 29.5 Å². The van der Waals surface area contributed by atoms with Gasteiger partial charge >= 0.3 is 0 Å². The Kier molecular flexibility index (Phi) is 7.81. The fraction of sp³-hybridized carbons (Fsp3) is 0.219. The van der Waals surface area contributed by atoms with Gasteiger partial charge in [0.15, 0.2) is 0 Å². The molecule has 8 nitrogen and oxygen atoms in total. The standard InChI is InChI=1S/C32H27BCl2N8/c1-2-27(19-7-4-3-5-8-19)39-30-21(16-37)17-38-31-24(30)13-22(14-26(31)34)40-32(33,25-10-6-9-20(15-36)29(25)35)28-18-43(42-41-28)23-11-12-23/h3-10,13-14,17-18,23,27,40-42H,2,11-12H2,1H3,(H,38,39)/t27-,32?/m1/s1. The summed E-state index contributed by atoms with van der Waals surface area (Å²) in [6, 6.07) is 23.6. The van der Waals surface area contributed by atoms with Gasteiger partial charge in [0.2, 0.25) is 0 Å². The summed E-state index contributed by atoms with van der Waals surface area (Å²) in [5.41, 5.74) is 9.59. The van der Waals surface area contributed by atoms with Gasteiger partial charge < -0.3 is 16.1 Å². The molecule has 2 aliphatic rings. The highest BCUT2D eigenvalue weighted by molar-refractivity contribution is 6.36. The lowest BCUT2D eigenvalue weighted by atomic mass is 9.69. The first-order valence-electron chi connectivity index (χ1n) is 14.0. The van der Waals surface area contributed by atoms with Gasteiger partial charge in [-0.2, -0.15) is 10.5 Å². The van der Waals surface area contributed by atoms with Crippen LogP contribution in [-0.4, -0.2) is 23.9 Å². The van der Waals surface area contributed by atoms with E-state index in [1.54, 1.807) is 24.3 Å². The van der Waals surface area contributed by atoms with Gasteiger partial charge in [-0.05, 0) is 48.6 Å². The van der Waals surface area contributed by atoms with Gasteiger partial charge in [-0.15, -0.1) is 5.53 Å². The van der Waals surface area contributed by atoms with E-state index in [0.717, 1.165) is 24.8 Å². The van der Waals surface area contributed by atoms with Gasteiger partial charge in [0.25, 0.3) is 0 Å². The van der Waals surface area contributed by atoms with Crippen molar-refractivity contribution in [3.63, 3.8) is 0 Å². The van der Waals surface area contributed by atoms with Crippen LogP contribution in [-0.2, 0) is 5.44 Å². The number of rotatable bonds is 9. The lowest BCUT2D eigenvalue weighted by Gasteiger charge is -2.35. The molecule has 1 aliphatic heterocycles. The van der Waals surface area contributed by atoms with Crippen LogP contribution in [0.4, 0.5) is 11.4 Å². The van der Waals surface area contributed by atoms with Gasteiger partial charge in [0.1, 0.15) is 20.0 Å². The molecule has 43 heavy (non-hydrogen) atoms. The fourth-order valence-electron chi connectivity index (χ4n) is 5.36. The number of hydrogen-bond acceptors (Lipinski definition) is 8. The molecule has 0 bridgehead atoms. The summed E-state index contributed by atoms with van der Waals surface area (Å²) in [6.45, 7) is 2.09. The third-order valence-electron chi connectivity index (χ3n) is 7.81. The highest BCUT2D eigenvalue weighted by Crippen LogP contribution is 2.41. The number of pyridine rings is 1. The van der Waals surface area contributed by atoms with E-state index in [-0.39, 0.29) is 11.1 Å². The van der Waals surface area contributed by atoms with Crippen molar-refractivity contribution in [1.82, 2.24) is 21.0 Å². The number of aromatic nitrogens is 1. The number of nitrogens with zero attached hydrogens (tertiary/aromatic N) is 4. The van der Waals surface area contributed by atoms with Crippen molar-refractivity contribution in [2.24, 2.45) is 0 Å². The first-order chi connectivity index (χ1) is 20.9. The van der Waals surface area contributed by atoms with Gasteiger partial charge in [-0.1, -0.05) is 72.6 Å². The van der Waals surface area contributed by atoms with Crippen LogP contribution in [0.25, 0.3) is 10.9 Å². The number of hydrazine groups is 2. The van der Waals surface area contributed by atoms with Crippen molar-refractivity contribution in [1.29, 1.82) is 10.5 Å². The molecule has 2 atom stereocenters. The molecule has 4 aromatic rings. The van der Waals surface area contributed by atoms with Crippen molar-refractivity contribution >= 4 is 53.3 Å². The Labute approximate surface area is 261 Å². The Balaban J connectivity index is 1.48. The molecule has 1 unspecified atom stereocenters. The summed E-state index contributed by atoms with van der Waals surface area (Å²) >= 11 is 13.6. The van der Waals surface area contributed by atoms with E-state index in [0.29, 0.717) is 55.7 Å². The summed E-state index contributed by atoms with van der Waals surface area (Å²) in [5.74, 6) is 0. The molecular formula is C32H27BCl2N8. The average Bonchev–Trinajstić information content (AvgIpc) is 3.75. The predicted molar refractivity (Wildman–Crippen MR) is 171 cm³/mol. The minimum atomic E-state index is -1.40. The zero-order valence-corrected chi connectivity index (χ0v) is 24.8. The van der Waals surface area contributed by atoms with Crippen molar-refractivity contribution in [3.05, 3.63) is 111 Å². The maximum Gasteiger partial charge on any atom is 0.119 e. The lowest BCUT2D eigenvalue weighted by Crippen LogP contribution is -2.45. The van der Waals surface area contributed by atoms with Gasteiger partial charge in [-0.3, -0.25) is 9.99 Å². The minimum Gasteiger partial charge on any atom is -0.378 e. The third kappa shape index (κ3) is 5.44. The predicted octanol–water partition coefficient (Wildman–Crippen LogP) is 6.61. The quantitative estimate of drug-likeness (QED) is 0.158. The van der Waals surface area contributed by atoms with Crippen LogP contribution in [0.2, 0.25) is 10.0 Å². The molecule has 3 aromatic carbocycles. The van der Waals surface area contributed by atoms with Crippen LogP contribution in [0.15, 0.2) is 78.8 Å². The second-order valence-electron chi connectivity index (χ2n) is 10.7. The zero-order chi connectivity index (χ0) is 30.1. The molecule has 212 valence electrons. The van der Waals surface area contributed by atoms with E-state index in [4.69, 9.17) is 31.0 Å². The van der Waals surface area contributed by atoms with Crippen LogP contribution >= 0.6 is 23.2 Å². The Bertz CT molecular complexity index is 1810. The summed E-state index contributed by atoms with van der Waals surface area (Å²) in [6.07, 6.45) is 6.37. The molecule has 2 heterocycles. The van der Waals surface area contributed by atoms with Crippen LogP contribution < -0.4 is 21.6 Å². The van der Waals surface area contributed by atoms with E-state index in [1.165, 1.54) is 6.20 Å². The Morgan fingerprint density at radius 2 is 1.86 bits per heavy atom. The second kappa shape index (κ2) is 11.7. The molecule has 0 amide bonds. The summed E-state index contributed by atoms with van der Waals surface area (Å²) < 4.78 is 0. The number of hydrogen-bond donors (Lipinski definition) is 4. The molecule has 6 rings (SSSR count). The van der Waals surface area contributed by atoms with Gasteiger partial charge in [0.05, 0.1) is 49.6 Å². The highest BCUT2D eigenvalue weighted by atomic mass is 35.5. The second-order valence-corrected chi connectivity index (χ2v) is 11.4. The number of nitriles is 2. The molecule has 1 aromatic heterocycles. The summed E-state index contributed by atoms with van der Waals surface area (Å²) in [7, 11) is 7.20. The van der Waals surface area contributed by atoms with E-state index in [9.17, 15) is 10.5 Å². The highest BCUT2D eigenvalue weighted by Gasteiger charge is 2.39. The lowest BCUT2D eigenvalue weighted by molar-refractivity contribution is 0.260. The molecular weight excluding hydrogens is 578 g/mol. The molecule has 0 spiro atoms. The van der Waals surface area contributed by atoms with Crippen molar-refractivity contribution in [2.75, 3.05) is 10.6 Å². The minimum absolute atomic E-state index is 0.0530. The molecule has 1 fully saturated rings. The smallest absolute Gasteiger partial charge is 0.119 e. The topological polar surface area (TPSA) is 112 Å². The Morgan fingerprint density at radius 1 is 1.09 bits per heavy atom. The van der Waals surface area contributed by atoms with Crippen LogP contribution in [0, 0.1) is 22.7 Å². The monoisotopic (exact) mass is 604 g/mol. The van der Waals surface area contributed by atoms with Crippen LogP contribution in [0.5, 0.6) is 0 Å². The maximum atomic E-state index is 10.0. The van der Waals surface area contributed by atoms with E-state index >= 15 is 0 Å². The summed E-state index contributed by atoms with van der Waals surface area (Å²) in [4.78, 5) is 4.51. The normalized spacial score (nSPS) is 16.4. The van der Waals surface area contributed by atoms with Gasteiger partial charge in [-0.25, -0.2) is 0 Å². The van der Waals surface area contributed by atoms with E-state index in [1.807, 2.05) is 35.5 Å². The van der Waals surface area contributed by atoms with Crippen molar-refractivity contribution in [3.8, 4) is 12.1 Å². The van der Waals surface area contributed by atoms with E-state index in [2.05, 4.69) is 57.8 Å². The molecule has 4 N–H and O–H groups in total. The number of fused-ring (bicyclic) bond motifs is 1. The number of nitrogens with one attached hydrogen (secondary N) is 4. The third-order valence-corrected chi connectivity index (χ3v) is 8.51. The largest absolute Gasteiger partial charge is 0.378 e. The van der Waals surface area contributed by atoms with Crippen LogP contribution in [0.1, 0.15) is 54.5 Å².